The van der Waals surface area contributed by atoms with Gasteiger partial charge in [-0.15, -0.1) is 0 Å². The zero-order chi connectivity index (χ0) is 22.5. The van der Waals surface area contributed by atoms with E-state index in [-0.39, 0.29) is 24.5 Å². The third-order valence-corrected chi connectivity index (χ3v) is 6.06. The van der Waals surface area contributed by atoms with Gasteiger partial charge in [-0.1, -0.05) is 6.07 Å². The van der Waals surface area contributed by atoms with E-state index in [1.807, 2.05) is 90.3 Å². The van der Waals surface area contributed by atoms with Gasteiger partial charge in [-0.25, -0.2) is 0 Å². The zero-order valence-electron chi connectivity index (χ0n) is 18.6. The molecule has 1 aliphatic heterocycles. The van der Waals surface area contributed by atoms with Crippen LogP contribution in [0.1, 0.15) is 34.3 Å². The minimum atomic E-state index is -0.0769. The number of aromatic nitrogens is 1. The molecule has 0 spiro atoms. The number of likely N-dealkylation sites (tertiary alicyclic amines) is 1. The SMILES string of the molecule is Cc1ccc(OCC(=O)N2CCC(NC(=O)c3ccc(-n4cccc4)cc3)CC2)cc1C. The Morgan fingerprint density at radius 1 is 0.969 bits per heavy atom. The van der Waals surface area contributed by atoms with Crippen molar-refractivity contribution in [2.24, 2.45) is 0 Å². The number of piperidine rings is 1. The summed E-state index contributed by atoms with van der Waals surface area (Å²) in [5.74, 6) is 0.618. The van der Waals surface area contributed by atoms with Crippen molar-refractivity contribution in [3.63, 3.8) is 0 Å². The van der Waals surface area contributed by atoms with Crippen molar-refractivity contribution in [3.05, 3.63) is 83.7 Å². The van der Waals surface area contributed by atoms with Gasteiger partial charge in [0.25, 0.3) is 11.8 Å². The summed E-state index contributed by atoms with van der Waals surface area (Å²) in [4.78, 5) is 26.9. The Kier molecular flexibility index (Phi) is 6.59. The lowest BCUT2D eigenvalue weighted by molar-refractivity contribution is -0.134. The second-order valence-corrected chi connectivity index (χ2v) is 8.30. The third-order valence-electron chi connectivity index (χ3n) is 6.06. The van der Waals surface area contributed by atoms with Gasteiger partial charge in [0.05, 0.1) is 0 Å². The van der Waals surface area contributed by atoms with Gasteiger partial charge in [0.2, 0.25) is 0 Å². The number of aryl methyl sites for hydroxylation is 2. The smallest absolute Gasteiger partial charge is 0.260 e. The van der Waals surface area contributed by atoms with Crippen molar-refractivity contribution in [3.8, 4) is 11.4 Å². The van der Waals surface area contributed by atoms with Gasteiger partial charge in [-0.3, -0.25) is 9.59 Å². The van der Waals surface area contributed by atoms with E-state index in [2.05, 4.69) is 5.32 Å². The Morgan fingerprint density at radius 2 is 1.66 bits per heavy atom. The van der Waals surface area contributed by atoms with Crippen LogP contribution in [0.25, 0.3) is 5.69 Å². The minimum Gasteiger partial charge on any atom is -0.484 e. The fraction of sp³-hybridized carbons (Fsp3) is 0.308. The Balaban J connectivity index is 1.23. The highest BCUT2D eigenvalue weighted by atomic mass is 16.5. The summed E-state index contributed by atoms with van der Waals surface area (Å²) in [6.07, 6.45) is 5.42. The van der Waals surface area contributed by atoms with E-state index in [4.69, 9.17) is 4.74 Å². The number of carbonyl (C=O) groups excluding carboxylic acids is 2. The van der Waals surface area contributed by atoms with Crippen LogP contribution < -0.4 is 10.1 Å². The Hall–Kier alpha value is -3.54. The number of rotatable bonds is 6. The highest BCUT2D eigenvalue weighted by Gasteiger charge is 2.24. The number of hydrogen-bond acceptors (Lipinski definition) is 3. The predicted octanol–water partition coefficient (Wildman–Crippen LogP) is 3.89. The van der Waals surface area contributed by atoms with E-state index in [0.717, 1.165) is 24.1 Å². The summed E-state index contributed by atoms with van der Waals surface area (Å²) in [6, 6.07) is 17.4. The molecule has 6 heteroatoms. The van der Waals surface area contributed by atoms with Gasteiger partial charge in [-0.2, -0.15) is 0 Å². The van der Waals surface area contributed by atoms with Crippen molar-refractivity contribution in [2.45, 2.75) is 32.7 Å². The highest BCUT2D eigenvalue weighted by molar-refractivity contribution is 5.94. The number of benzene rings is 2. The van der Waals surface area contributed by atoms with E-state index < -0.39 is 0 Å². The fourth-order valence-electron chi connectivity index (χ4n) is 3.87. The molecule has 2 amide bonds. The second-order valence-electron chi connectivity index (χ2n) is 8.30. The number of hydrogen-bond donors (Lipinski definition) is 1. The van der Waals surface area contributed by atoms with Crippen LogP contribution in [-0.4, -0.2) is 47.0 Å². The maximum Gasteiger partial charge on any atom is 0.260 e. The standard InChI is InChI=1S/C26H29N3O3/c1-19-5-10-24(17-20(19)2)32-18-25(30)29-15-11-22(12-16-29)27-26(31)21-6-8-23(9-7-21)28-13-3-4-14-28/h3-10,13-14,17,22H,11-12,15-16,18H2,1-2H3,(H,27,31). The molecule has 1 aliphatic rings. The maximum atomic E-state index is 12.6. The van der Waals surface area contributed by atoms with Gasteiger partial charge < -0.3 is 19.5 Å². The molecule has 3 aromatic rings. The lowest BCUT2D eigenvalue weighted by Crippen LogP contribution is -2.47. The number of ether oxygens (including phenoxy) is 1. The van der Waals surface area contributed by atoms with Gasteiger partial charge in [0.1, 0.15) is 5.75 Å². The van der Waals surface area contributed by atoms with Crippen LogP contribution >= 0.6 is 0 Å². The third kappa shape index (κ3) is 5.19. The highest BCUT2D eigenvalue weighted by Crippen LogP contribution is 2.17. The average molecular weight is 432 g/mol. The molecule has 0 aliphatic carbocycles. The van der Waals surface area contributed by atoms with Crippen molar-refractivity contribution in [1.29, 1.82) is 0 Å². The van der Waals surface area contributed by atoms with E-state index in [1.54, 1.807) is 0 Å². The first kappa shape index (κ1) is 21.7. The number of carbonyl (C=O) groups is 2. The van der Waals surface area contributed by atoms with Crippen LogP contribution in [0.15, 0.2) is 67.0 Å². The van der Waals surface area contributed by atoms with Crippen LogP contribution in [0.4, 0.5) is 0 Å². The van der Waals surface area contributed by atoms with Gasteiger partial charge in [0, 0.05) is 42.8 Å². The molecule has 0 bridgehead atoms. The molecule has 2 aromatic carbocycles. The topological polar surface area (TPSA) is 63.6 Å². The first-order chi connectivity index (χ1) is 15.5. The quantitative estimate of drug-likeness (QED) is 0.644. The normalized spacial score (nSPS) is 14.2. The van der Waals surface area contributed by atoms with E-state index in [1.165, 1.54) is 5.56 Å². The summed E-state index contributed by atoms with van der Waals surface area (Å²) >= 11 is 0. The minimum absolute atomic E-state index is 0.0198. The summed E-state index contributed by atoms with van der Waals surface area (Å²) < 4.78 is 7.68. The molecule has 1 saturated heterocycles. The Labute approximate surface area is 188 Å². The number of nitrogens with zero attached hydrogens (tertiary/aromatic N) is 2. The summed E-state index contributed by atoms with van der Waals surface area (Å²) in [7, 11) is 0. The largest absolute Gasteiger partial charge is 0.484 e. The molecule has 0 unspecified atom stereocenters. The van der Waals surface area contributed by atoms with Crippen molar-refractivity contribution in [1.82, 2.24) is 14.8 Å². The molecule has 1 N–H and O–H groups in total. The van der Waals surface area contributed by atoms with Gasteiger partial charge in [0.15, 0.2) is 6.61 Å². The lowest BCUT2D eigenvalue weighted by Gasteiger charge is -2.32. The lowest BCUT2D eigenvalue weighted by atomic mass is 10.0. The predicted molar refractivity (Wildman–Crippen MR) is 124 cm³/mol. The monoisotopic (exact) mass is 431 g/mol. The maximum absolute atomic E-state index is 12.6. The first-order valence-electron chi connectivity index (χ1n) is 11.0. The van der Waals surface area contributed by atoms with Crippen LogP contribution in [0.5, 0.6) is 5.75 Å². The molecule has 0 radical (unpaired) electrons. The van der Waals surface area contributed by atoms with Gasteiger partial charge in [-0.05, 0) is 86.3 Å². The summed E-state index contributed by atoms with van der Waals surface area (Å²) in [5.41, 5.74) is 4.00. The average Bonchev–Trinajstić information content (AvgIpc) is 3.35. The number of nitrogens with one attached hydrogen (secondary N) is 1. The second kappa shape index (κ2) is 9.73. The molecular weight excluding hydrogens is 402 g/mol. The zero-order valence-corrected chi connectivity index (χ0v) is 18.6. The number of amides is 2. The molecule has 1 fully saturated rings. The van der Waals surface area contributed by atoms with Crippen LogP contribution in [0, 0.1) is 13.8 Å². The first-order valence-corrected chi connectivity index (χ1v) is 11.0. The van der Waals surface area contributed by atoms with Gasteiger partial charge >= 0.3 is 0 Å². The van der Waals surface area contributed by atoms with Crippen molar-refractivity contribution >= 4 is 11.8 Å². The molecule has 0 saturated carbocycles. The van der Waals surface area contributed by atoms with E-state index in [0.29, 0.717) is 24.4 Å². The van der Waals surface area contributed by atoms with Crippen molar-refractivity contribution in [2.75, 3.05) is 19.7 Å². The Bertz CT molecular complexity index is 1070. The van der Waals surface area contributed by atoms with Crippen LogP contribution in [0.2, 0.25) is 0 Å². The van der Waals surface area contributed by atoms with E-state index in [9.17, 15) is 9.59 Å². The molecule has 4 rings (SSSR count). The Morgan fingerprint density at radius 3 is 2.31 bits per heavy atom. The summed E-state index contributed by atoms with van der Waals surface area (Å²) in [6.45, 7) is 5.35. The molecule has 32 heavy (non-hydrogen) atoms. The molecule has 6 nitrogen and oxygen atoms in total. The molecule has 166 valence electrons. The molecule has 0 atom stereocenters. The van der Waals surface area contributed by atoms with Crippen molar-refractivity contribution < 1.29 is 14.3 Å². The molecule has 1 aromatic heterocycles. The van der Waals surface area contributed by atoms with Crippen LogP contribution in [0.3, 0.4) is 0 Å². The molecule has 2 heterocycles. The molecular formula is C26H29N3O3. The van der Waals surface area contributed by atoms with Crippen LogP contribution in [-0.2, 0) is 4.79 Å². The summed E-state index contributed by atoms with van der Waals surface area (Å²) in [5, 5.41) is 3.10. The fourth-order valence-corrected chi connectivity index (χ4v) is 3.87. The van der Waals surface area contributed by atoms with E-state index >= 15 is 0 Å².